The van der Waals surface area contributed by atoms with E-state index in [4.69, 9.17) is 9.73 Å². The molecule has 1 saturated heterocycles. The number of pyridine rings is 1. The summed E-state index contributed by atoms with van der Waals surface area (Å²) in [6, 6.07) is 12.6. The third-order valence-corrected chi connectivity index (χ3v) is 5.09. The molecule has 1 aliphatic rings. The summed E-state index contributed by atoms with van der Waals surface area (Å²) in [4.78, 5) is 13.6. The van der Waals surface area contributed by atoms with Gasteiger partial charge in [0.15, 0.2) is 5.96 Å². The van der Waals surface area contributed by atoms with Gasteiger partial charge in [-0.15, -0.1) is 24.0 Å². The Morgan fingerprint density at radius 1 is 1.28 bits per heavy atom. The van der Waals surface area contributed by atoms with E-state index < -0.39 is 0 Å². The first-order chi connectivity index (χ1) is 13.6. The second-order valence-electron chi connectivity index (χ2n) is 7.29. The van der Waals surface area contributed by atoms with Crippen LogP contribution in [0.25, 0.3) is 0 Å². The van der Waals surface area contributed by atoms with E-state index in [1.807, 2.05) is 43.4 Å². The minimum Gasteiger partial charge on any atom is -0.497 e. The standard InChI is InChI=1S/C22H31N5O.HI/c1-5-23-22(25-15-17-10-12-24-21(14-17)26(2)3)27-13-11-19(16-27)18-6-8-20(28-4)9-7-18;/h6-10,12,14,19H,5,11,13,15-16H2,1-4H3,(H,23,25);1H. The predicted molar refractivity (Wildman–Crippen MR) is 131 cm³/mol. The van der Waals surface area contributed by atoms with Crippen LogP contribution in [0.4, 0.5) is 5.82 Å². The quantitative estimate of drug-likeness (QED) is 0.366. The van der Waals surface area contributed by atoms with Crippen molar-refractivity contribution in [2.24, 2.45) is 4.99 Å². The van der Waals surface area contributed by atoms with Gasteiger partial charge in [0.05, 0.1) is 13.7 Å². The van der Waals surface area contributed by atoms with E-state index in [0.29, 0.717) is 12.5 Å². The lowest BCUT2D eigenvalue weighted by Gasteiger charge is -2.22. The van der Waals surface area contributed by atoms with Gasteiger partial charge in [0.25, 0.3) is 0 Å². The topological polar surface area (TPSA) is 53.0 Å². The van der Waals surface area contributed by atoms with E-state index in [1.54, 1.807) is 7.11 Å². The van der Waals surface area contributed by atoms with Gasteiger partial charge >= 0.3 is 0 Å². The highest BCUT2D eigenvalue weighted by Crippen LogP contribution is 2.28. The molecule has 1 N–H and O–H groups in total. The van der Waals surface area contributed by atoms with Gasteiger partial charge in [-0.2, -0.15) is 0 Å². The number of methoxy groups -OCH3 is 1. The molecule has 1 aromatic heterocycles. The number of aliphatic imine (C=N–C) groups is 1. The van der Waals surface area contributed by atoms with Crippen LogP contribution < -0.4 is 15.0 Å². The molecule has 0 amide bonds. The van der Waals surface area contributed by atoms with Crippen LogP contribution in [0.2, 0.25) is 0 Å². The number of anilines is 1. The van der Waals surface area contributed by atoms with Gasteiger partial charge in [-0.25, -0.2) is 9.98 Å². The first-order valence-electron chi connectivity index (χ1n) is 9.90. The molecule has 1 atom stereocenters. The predicted octanol–water partition coefficient (Wildman–Crippen LogP) is 3.73. The Labute approximate surface area is 191 Å². The van der Waals surface area contributed by atoms with E-state index in [1.165, 1.54) is 11.1 Å². The summed E-state index contributed by atoms with van der Waals surface area (Å²) >= 11 is 0. The number of aromatic nitrogens is 1. The third kappa shape index (κ3) is 6.22. The van der Waals surface area contributed by atoms with Gasteiger partial charge < -0.3 is 19.9 Å². The maximum Gasteiger partial charge on any atom is 0.194 e. The highest BCUT2D eigenvalue weighted by atomic mass is 127. The van der Waals surface area contributed by atoms with Gasteiger partial charge in [-0.05, 0) is 48.7 Å². The third-order valence-electron chi connectivity index (χ3n) is 5.09. The normalized spacial score (nSPS) is 16.3. The molecule has 0 radical (unpaired) electrons. The summed E-state index contributed by atoms with van der Waals surface area (Å²) in [5.41, 5.74) is 2.53. The molecule has 0 bridgehead atoms. The van der Waals surface area contributed by atoms with Crippen molar-refractivity contribution < 1.29 is 4.74 Å². The molecule has 0 aliphatic carbocycles. The maximum absolute atomic E-state index is 5.27. The summed E-state index contributed by atoms with van der Waals surface area (Å²) in [6.07, 6.45) is 2.99. The number of hydrogen-bond donors (Lipinski definition) is 1. The average molecular weight is 509 g/mol. The number of guanidine groups is 1. The van der Waals surface area contributed by atoms with Crippen molar-refractivity contribution in [1.29, 1.82) is 0 Å². The smallest absolute Gasteiger partial charge is 0.194 e. The van der Waals surface area contributed by atoms with Crippen LogP contribution in [0, 0.1) is 0 Å². The van der Waals surface area contributed by atoms with E-state index >= 15 is 0 Å². The fourth-order valence-electron chi connectivity index (χ4n) is 3.50. The average Bonchev–Trinajstić information content (AvgIpc) is 3.21. The monoisotopic (exact) mass is 509 g/mol. The van der Waals surface area contributed by atoms with Crippen LogP contribution in [0.15, 0.2) is 47.6 Å². The van der Waals surface area contributed by atoms with Crippen LogP contribution >= 0.6 is 24.0 Å². The van der Waals surface area contributed by atoms with E-state index in [9.17, 15) is 0 Å². The van der Waals surface area contributed by atoms with Gasteiger partial charge in [0, 0.05) is 45.8 Å². The van der Waals surface area contributed by atoms with Crippen LogP contribution in [0.3, 0.4) is 0 Å². The molecule has 0 spiro atoms. The first kappa shape index (κ1) is 23.3. The largest absolute Gasteiger partial charge is 0.497 e. The number of likely N-dealkylation sites (tertiary alicyclic amines) is 1. The zero-order valence-electron chi connectivity index (χ0n) is 17.8. The SMILES string of the molecule is CCNC(=NCc1ccnc(N(C)C)c1)N1CCC(c2ccc(OC)cc2)C1.I. The van der Waals surface area contributed by atoms with E-state index in [0.717, 1.165) is 43.6 Å². The van der Waals surface area contributed by atoms with Crippen molar-refractivity contribution >= 4 is 35.8 Å². The maximum atomic E-state index is 5.27. The zero-order chi connectivity index (χ0) is 19.9. The van der Waals surface area contributed by atoms with Crippen molar-refractivity contribution in [1.82, 2.24) is 15.2 Å². The fourth-order valence-corrected chi connectivity index (χ4v) is 3.50. The lowest BCUT2D eigenvalue weighted by molar-refractivity contribution is 0.414. The molecule has 0 saturated carbocycles. The molecular weight excluding hydrogens is 477 g/mol. The number of benzene rings is 1. The Bertz CT molecular complexity index is 794. The summed E-state index contributed by atoms with van der Waals surface area (Å²) in [6.45, 7) is 5.62. The molecule has 6 nitrogen and oxygen atoms in total. The molecule has 3 rings (SSSR count). The Balaban J connectivity index is 0.00000300. The van der Waals surface area contributed by atoms with Crippen LogP contribution in [0.5, 0.6) is 5.75 Å². The molecule has 1 unspecified atom stereocenters. The van der Waals surface area contributed by atoms with E-state index in [-0.39, 0.29) is 24.0 Å². The number of nitrogens with one attached hydrogen (secondary N) is 1. The molecule has 7 heteroatoms. The minimum atomic E-state index is 0. The number of nitrogens with zero attached hydrogens (tertiary/aromatic N) is 4. The first-order valence-corrected chi connectivity index (χ1v) is 9.90. The van der Waals surface area contributed by atoms with Crippen molar-refractivity contribution in [2.45, 2.75) is 25.8 Å². The number of hydrogen-bond acceptors (Lipinski definition) is 4. The lowest BCUT2D eigenvalue weighted by Crippen LogP contribution is -2.40. The van der Waals surface area contributed by atoms with Gasteiger partial charge in [0.2, 0.25) is 0 Å². The van der Waals surface area contributed by atoms with Crippen molar-refractivity contribution in [3.63, 3.8) is 0 Å². The molecule has 1 fully saturated rings. The Morgan fingerprint density at radius 3 is 2.69 bits per heavy atom. The second kappa shape index (κ2) is 11.2. The Kier molecular flexibility index (Phi) is 9.00. The summed E-state index contributed by atoms with van der Waals surface area (Å²) in [7, 11) is 5.71. The zero-order valence-corrected chi connectivity index (χ0v) is 20.1. The number of ether oxygens (including phenoxy) is 1. The molecule has 1 aromatic carbocycles. The van der Waals surface area contributed by atoms with Crippen LogP contribution in [-0.2, 0) is 6.54 Å². The second-order valence-corrected chi connectivity index (χ2v) is 7.29. The minimum absolute atomic E-state index is 0. The molecule has 2 heterocycles. The fraction of sp³-hybridized carbons (Fsp3) is 0.455. The van der Waals surface area contributed by atoms with Gasteiger partial charge in [-0.3, -0.25) is 0 Å². The summed E-state index contributed by atoms with van der Waals surface area (Å²) in [5, 5.41) is 3.45. The molecule has 1 aliphatic heterocycles. The summed E-state index contributed by atoms with van der Waals surface area (Å²) in [5.74, 6) is 3.37. The van der Waals surface area contributed by atoms with Crippen molar-refractivity contribution in [3.8, 4) is 5.75 Å². The van der Waals surface area contributed by atoms with E-state index in [2.05, 4.69) is 40.3 Å². The number of halogens is 1. The highest BCUT2D eigenvalue weighted by Gasteiger charge is 2.26. The van der Waals surface area contributed by atoms with Crippen LogP contribution in [0.1, 0.15) is 30.4 Å². The highest BCUT2D eigenvalue weighted by molar-refractivity contribution is 14.0. The molecule has 29 heavy (non-hydrogen) atoms. The number of rotatable bonds is 6. The lowest BCUT2D eigenvalue weighted by atomic mass is 9.98. The molecule has 2 aromatic rings. The van der Waals surface area contributed by atoms with Gasteiger partial charge in [-0.1, -0.05) is 12.1 Å². The summed E-state index contributed by atoms with van der Waals surface area (Å²) < 4.78 is 5.27. The van der Waals surface area contributed by atoms with Crippen molar-refractivity contribution in [2.75, 3.05) is 45.7 Å². The van der Waals surface area contributed by atoms with Gasteiger partial charge in [0.1, 0.15) is 11.6 Å². The molecular formula is C22H32IN5O. The van der Waals surface area contributed by atoms with Crippen LogP contribution in [-0.4, -0.2) is 56.7 Å². The van der Waals surface area contributed by atoms with Crippen molar-refractivity contribution in [3.05, 3.63) is 53.7 Å². The molecule has 158 valence electrons. The Hall–Kier alpha value is -2.03. The Morgan fingerprint density at radius 2 is 2.03 bits per heavy atom.